The van der Waals surface area contributed by atoms with Gasteiger partial charge in [-0.25, -0.2) is 0 Å². The molecular formula is C16H33NO2. The number of carbonyl (C=O) groups is 1. The summed E-state index contributed by atoms with van der Waals surface area (Å²) in [6, 6.07) is 0. The lowest BCUT2D eigenvalue weighted by Gasteiger charge is -2.22. The van der Waals surface area contributed by atoms with Crippen LogP contribution in [-0.4, -0.2) is 24.7 Å². The van der Waals surface area contributed by atoms with E-state index in [0.717, 1.165) is 6.54 Å². The van der Waals surface area contributed by atoms with E-state index in [2.05, 4.69) is 12.2 Å². The molecule has 0 radical (unpaired) electrons. The Kier molecular flexibility index (Phi) is 9.94. The van der Waals surface area contributed by atoms with Crippen LogP contribution in [0.4, 0.5) is 0 Å². The van der Waals surface area contributed by atoms with Crippen molar-refractivity contribution in [2.45, 2.75) is 78.7 Å². The van der Waals surface area contributed by atoms with E-state index in [9.17, 15) is 4.79 Å². The lowest BCUT2D eigenvalue weighted by Crippen LogP contribution is -2.33. The fourth-order valence-electron chi connectivity index (χ4n) is 1.83. The van der Waals surface area contributed by atoms with Gasteiger partial charge in [-0.2, -0.15) is 0 Å². The normalized spacial score (nSPS) is 13.3. The zero-order valence-electron chi connectivity index (χ0n) is 13.6. The molecule has 19 heavy (non-hydrogen) atoms. The first-order chi connectivity index (χ1) is 8.87. The summed E-state index contributed by atoms with van der Waals surface area (Å²) >= 11 is 0. The van der Waals surface area contributed by atoms with Crippen LogP contribution in [0.15, 0.2) is 0 Å². The molecule has 0 unspecified atom stereocenters. The number of hydrogen-bond donors (Lipinski definition) is 1. The Morgan fingerprint density at radius 3 is 2.26 bits per heavy atom. The van der Waals surface area contributed by atoms with Gasteiger partial charge in [-0.15, -0.1) is 0 Å². The Morgan fingerprint density at radius 1 is 1.11 bits per heavy atom. The molecule has 0 aliphatic heterocycles. The number of hydrogen-bond acceptors (Lipinski definition) is 3. The van der Waals surface area contributed by atoms with Gasteiger partial charge in [0, 0.05) is 6.54 Å². The molecule has 0 amide bonds. The Bertz CT molecular complexity index is 233. The summed E-state index contributed by atoms with van der Waals surface area (Å²) in [4.78, 5) is 11.7. The van der Waals surface area contributed by atoms with Crippen LogP contribution in [0.5, 0.6) is 0 Å². The molecule has 0 saturated carbocycles. The highest BCUT2D eigenvalue weighted by Crippen LogP contribution is 2.10. The highest BCUT2D eigenvalue weighted by atomic mass is 16.6. The Balaban J connectivity index is 3.48. The van der Waals surface area contributed by atoms with Crippen LogP contribution < -0.4 is 5.32 Å². The van der Waals surface area contributed by atoms with E-state index in [-0.39, 0.29) is 17.5 Å². The third-order valence-corrected chi connectivity index (χ3v) is 2.97. The number of carbonyl (C=O) groups excluding carboxylic acids is 1. The predicted octanol–water partition coefficient (Wildman–Crippen LogP) is 3.91. The van der Waals surface area contributed by atoms with Crippen LogP contribution in [0, 0.1) is 5.92 Å². The topological polar surface area (TPSA) is 38.3 Å². The summed E-state index contributed by atoms with van der Waals surface area (Å²) in [5, 5.41) is 3.34. The van der Waals surface area contributed by atoms with Crippen molar-refractivity contribution >= 4 is 5.97 Å². The monoisotopic (exact) mass is 271 g/mol. The minimum absolute atomic E-state index is 0.0701. The summed E-state index contributed by atoms with van der Waals surface area (Å²) in [7, 11) is 0. The molecule has 0 aromatic carbocycles. The van der Waals surface area contributed by atoms with Crippen molar-refractivity contribution in [3.05, 3.63) is 0 Å². The van der Waals surface area contributed by atoms with Crippen molar-refractivity contribution in [3.63, 3.8) is 0 Å². The minimum atomic E-state index is -0.384. The second-order valence-corrected chi connectivity index (χ2v) is 6.41. The van der Waals surface area contributed by atoms with Crippen LogP contribution >= 0.6 is 0 Å². The molecule has 3 heteroatoms. The van der Waals surface area contributed by atoms with Gasteiger partial charge >= 0.3 is 5.97 Å². The van der Waals surface area contributed by atoms with E-state index in [1.807, 2.05) is 27.7 Å². The molecule has 0 fully saturated rings. The van der Waals surface area contributed by atoms with Gasteiger partial charge in [0.05, 0.1) is 5.92 Å². The van der Waals surface area contributed by atoms with Gasteiger partial charge in [-0.1, -0.05) is 46.0 Å². The number of unbranched alkanes of at least 4 members (excludes halogenated alkanes) is 5. The third-order valence-electron chi connectivity index (χ3n) is 2.97. The van der Waals surface area contributed by atoms with Crippen LogP contribution in [0.1, 0.15) is 73.1 Å². The van der Waals surface area contributed by atoms with Crippen molar-refractivity contribution in [2.24, 2.45) is 5.92 Å². The van der Waals surface area contributed by atoms with Crippen molar-refractivity contribution in [3.8, 4) is 0 Å². The van der Waals surface area contributed by atoms with Crippen molar-refractivity contribution < 1.29 is 9.53 Å². The number of rotatable bonds is 10. The molecule has 114 valence electrons. The predicted molar refractivity (Wildman–Crippen MR) is 81.3 cm³/mol. The molecule has 0 aromatic rings. The second kappa shape index (κ2) is 10.2. The van der Waals surface area contributed by atoms with Crippen LogP contribution in [-0.2, 0) is 9.53 Å². The number of ether oxygens (including phenoxy) is 1. The Morgan fingerprint density at radius 2 is 1.68 bits per heavy atom. The molecule has 0 bridgehead atoms. The molecule has 0 rings (SSSR count). The van der Waals surface area contributed by atoms with E-state index in [1.54, 1.807) is 0 Å². The summed E-state index contributed by atoms with van der Waals surface area (Å²) < 4.78 is 5.34. The standard InChI is InChI=1S/C16H33NO2/c1-6-7-8-9-10-11-12-17-13-14(2)15(18)19-16(3,4)5/h14,17H,6-13H2,1-5H3/t14-/m0/s1. The van der Waals surface area contributed by atoms with Crippen LogP contribution in [0.3, 0.4) is 0 Å². The van der Waals surface area contributed by atoms with Crippen LogP contribution in [0.2, 0.25) is 0 Å². The molecule has 1 N–H and O–H groups in total. The number of nitrogens with one attached hydrogen (secondary N) is 1. The zero-order valence-corrected chi connectivity index (χ0v) is 13.6. The lowest BCUT2D eigenvalue weighted by molar-refractivity contribution is -0.159. The summed E-state index contributed by atoms with van der Waals surface area (Å²) in [6.45, 7) is 11.6. The molecule has 1 atom stereocenters. The van der Waals surface area contributed by atoms with E-state index in [0.29, 0.717) is 6.54 Å². The van der Waals surface area contributed by atoms with Crippen molar-refractivity contribution in [2.75, 3.05) is 13.1 Å². The lowest BCUT2D eigenvalue weighted by atomic mass is 10.1. The maximum atomic E-state index is 11.7. The number of esters is 1. The SMILES string of the molecule is CCCCCCCCNC[C@H](C)C(=O)OC(C)(C)C. The third kappa shape index (κ3) is 12.2. The van der Waals surface area contributed by atoms with Gasteiger partial charge in [0.25, 0.3) is 0 Å². The quantitative estimate of drug-likeness (QED) is 0.483. The van der Waals surface area contributed by atoms with Crippen LogP contribution in [0.25, 0.3) is 0 Å². The zero-order chi connectivity index (χ0) is 14.7. The molecule has 0 aromatic heterocycles. The Labute approximate surface area is 119 Å². The van der Waals surface area contributed by atoms with Gasteiger partial charge in [-0.3, -0.25) is 4.79 Å². The van der Waals surface area contributed by atoms with E-state index in [1.165, 1.54) is 38.5 Å². The molecule has 0 saturated heterocycles. The molecular weight excluding hydrogens is 238 g/mol. The van der Waals surface area contributed by atoms with E-state index < -0.39 is 0 Å². The molecule has 3 nitrogen and oxygen atoms in total. The Hall–Kier alpha value is -0.570. The average molecular weight is 271 g/mol. The average Bonchev–Trinajstić information content (AvgIpc) is 2.30. The molecule has 0 heterocycles. The van der Waals surface area contributed by atoms with Gasteiger partial charge in [0.15, 0.2) is 0 Å². The second-order valence-electron chi connectivity index (χ2n) is 6.41. The molecule has 0 spiro atoms. The largest absolute Gasteiger partial charge is 0.460 e. The fourth-order valence-corrected chi connectivity index (χ4v) is 1.83. The molecule has 0 aliphatic carbocycles. The van der Waals surface area contributed by atoms with Crippen molar-refractivity contribution in [1.29, 1.82) is 0 Å². The summed E-state index contributed by atoms with van der Waals surface area (Å²) in [6.07, 6.45) is 7.81. The fraction of sp³-hybridized carbons (Fsp3) is 0.938. The first-order valence-electron chi connectivity index (χ1n) is 7.80. The van der Waals surface area contributed by atoms with Gasteiger partial charge < -0.3 is 10.1 Å². The maximum Gasteiger partial charge on any atom is 0.310 e. The summed E-state index contributed by atoms with van der Waals surface area (Å²) in [5.41, 5.74) is -0.384. The maximum absolute atomic E-state index is 11.7. The van der Waals surface area contributed by atoms with E-state index in [4.69, 9.17) is 4.74 Å². The van der Waals surface area contributed by atoms with Gasteiger partial charge in [-0.05, 0) is 33.7 Å². The first-order valence-corrected chi connectivity index (χ1v) is 7.80. The summed E-state index contributed by atoms with van der Waals surface area (Å²) in [5.74, 6) is -0.178. The van der Waals surface area contributed by atoms with Gasteiger partial charge in [0.2, 0.25) is 0 Å². The highest BCUT2D eigenvalue weighted by molar-refractivity contribution is 5.72. The van der Waals surface area contributed by atoms with Crippen molar-refractivity contribution in [1.82, 2.24) is 5.32 Å². The smallest absolute Gasteiger partial charge is 0.310 e. The first kappa shape index (κ1) is 18.4. The minimum Gasteiger partial charge on any atom is -0.460 e. The molecule has 0 aliphatic rings. The van der Waals surface area contributed by atoms with Gasteiger partial charge in [0.1, 0.15) is 5.60 Å². The highest BCUT2D eigenvalue weighted by Gasteiger charge is 2.21. The van der Waals surface area contributed by atoms with E-state index >= 15 is 0 Å².